The Kier molecular flexibility index (Phi) is 10.2. The van der Waals surface area contributed by atoms with Gasteiger partial charge < -0.3 is 19.8 Å². The zero-order chi connectivity index (χ0) is 31.2. The Balaban J connectivity index is 1.83. The number of anilines is 3. The molecule has 0 bridgehead atoms. The normalized spacial score (nSPS) is 11.5. The number of aromatic nitrogens is 2. The van der Waals surface area contributed by atoms with Gasteiger partial charge in [0, 0.05) is 25.7 Å². The first-order valence-corrected chi connectivity index (χ1v) is 13.0. The lowest BCUT2D eigenvalue weighted by molar-refractivity contribution is -0.200. The minimum atomic E-state index is -5.36. The van der Waals surface area contributed by atoms with Crippen LogP contribution in [0.1, 0.15) is 38.8 Å². The highest BCUT2D eigenvalue weighted by atomic mass is 35.5. The first kappa shape index (κ1) is 32.4. The maximum atomic E-state index is 12.9. The van der Waals surface area contributed by atoms with Crippen LogP contribution in [0.5, 0.6) is 0 Å². The topological polar surface area (TPSA) is 114 Å². The molecule has 3 aromatic rings. The Bertz CT molecular complexity index is 1470. The summed E-state index contributed by atoms with van der Waals surface area (Å²) in [6, 6.07) is 12.6. The van der Waals surface area contributed by atoms with Crippen molar-refractivity contribution in [2.75, 3.05) is 10.4 Å². The molecule has 0 aliphatic heterocycles. The quantitative estimate of drug-likeness (QED) is 0.224. The molecule has 2 aromatic carbocycles. The monoisotopic (exact) mass is 627 g/mol. The second-order valence-electron chi connectivity index (χ2n) is 9.86. The molecule has 0 atom stereocenters. The number of carbonyl (C=O) groups is 3. The van der Waals surface area contributed by atoms with Gasteiger partial charge in [-0.15, -0.1) is 5.06 Å². The summed E-state index contributed by atoms with van der Waals surface area (Å²) < 4.78 is 43.9. The molecule has 3 rings (SSSR count). The molecule has 0 spiro atoms. The van der Waals surface area contributed by atoms with E-state index in [0.717, 1.165) is 5.56 Å². The molecule has 0 aliphatic carbocycles. The van der Waals surface area contributed by atoms with E-state index in [4.69, 9.17) is 27.9 Å². The fourth-order valence-corrected chi connectivity index (χ4v) is 3.72. The fourth-order valence-electron chi connectivity index (χ4n) is 3.45. The Labute approximate surface area is 249 Å². The van der Waals surface area contributed by atoms with Crippen LogP contribution in [0.3, 0.4) is 0 Å². The number of benzene rings is 2. The third-order valence-corrected chi connectivity index (χ3v) is 5.67. The zero-order valence-corrected chi connectivity index (χ0v) is 24.3. The van der Waals surface area contributed by atoms with Crippen molar-refractivity contribution in [1.82, 2.24) is 14.9 Å². The van der Waals surface area contributed by atoms with Gasteiger partial charge in [-0.1, -0.05) is 35.9 Å². The van der Waals surface area contributed by atoms with Crippen molar-refractivity contribution in [3.63, 3.8) is 0 Å². The number of nitrogens with one attached hydrogen (secondary N) is 1. The molecule has 0 fully saturated rings. The zero-order valence-electron chi connectivity index (χ0n) is 22.8. The summed E-state index contributed by atoms with van der Waals surface area (Å²) >= 11 is 12.0. The van der Waals surface area contributed by atoms with E-state index in [1.165, 1.54) is 57.0 Å². The van der Waals surface area contributed by atoms with Crippen molar-refractivity contribution in [2.24, 2.45) is 0 Å². The summed E-state index contributed by atoms with van der Waals surface area (Å²) in [5.41, 5.74) is 0.439. The number of amides is 2. The third kappa shape index (κ3) is 9.48. The average molecular weight is 628 g/mol. The lowest BCUT2D eigenvalue weighted by Gasteiger charge is -2.27. The van der Waals surface area contributed by atoms with Crippen LogP contribution in [0.2, 0.25) is 10.3 Å². The van der Waals surface area contributed by atoms with Crippen molar-refractivity contribution < 1.29 is 37.1 Å². The minimum Gasteiger partial charge on any atom is -0.441 e. The summed E-state index contributed by atoms with van der Waals surface area (Å²) in [7, 11) is 0. The van der Waals surface area contributed by atoms with Crippen LogP contribution in [0.15, 0.2) is 54.7 Å². The average Bonchev–Trinajstić information content (AvgIpc) is 2.87. The number of nitrogens with zero attached hydrogens (tertiary/aromatic N) is 4. The second-order valence-corrected chi connectivity index (χ2v) is 10.6. The Morgan fingerprint density at radius 1 is 0.976 bits per heavy atom. The fraction of sp³-hybridized carbons (Fsp3) is 0.296. The maximum Gasteiger partial charge on any atom is 0.493 e. The number of halogens is 5. The van der Waals surface area contributed by atoms with Gasteiger partial charge in [0.05, 0.1) is 11.9 Å². The van der Waals surface area contributed by atoms with Crippen molar-refractivity contribution in [3.8, 4) is 0 Å². The van der Waals surface area contributed by atoms with Gasteiger partial charge >= 0.3 is 18.2 Å². The minimum absolute atomic E-state index is 0.00134. The van der Waals surface area contributed by atoms with Crippen LogP contribution in [-0.4, -0.2) is 44.6 Å². The third-order valence-electron chi connectivity index (χ3n) is 5.21. The molecule has 1 N–H and O–H groups in total. The van der Waals surface area contributed by atoms with Crippen LogP contribution in [-0.2, 0) is 32.3 Å². The number of alkyl halides is 3. The number of hydrogen-bond donors (Lipinski definition) is 1. The van der Waals surface area contributed by atoms with Gasteiger partial charge in [-0.25, -0.2) is 14.6 Å². The summed E-state index contributed by atoms with van der Waals surface area (Å²) in [5.74, 6) is -2.63. The molecule has 0 unspecified atom stereocenters. The summed E-state index contributed by atoms with van der Waals surface area (Å²) in [5, 5.41) is 3.41. The van der Waals surface area contributed by atoms with Crippen LogP contribution < -0.4 is 10.4 Å². The Morgan fingerprint density at radius 3 is 2.19 bits per heavy atom. The van der Waals surface area contributed by atoms with E-state index in [-0.39, 0.29) is 45.9 Å². The van der Waals surface area contributed by atoms with E-state index in [1.54, 1.807) is 30.3 Å². The summed E-state index contributed by atoms with van der Waals surface area (Å²) in [4.78, 5) is 50.5. The molecule has 1 heterocycles. The van der Waals surface area contributed by atoms with Crippen LogP contribution in [0, 0.1) is 0 Å². The van der Waals surface area contributed by atoms with Crippen LogP contribution >= 0.6 is 23.2 Å². The number of rotatable bonds is 7. The number of ether oxygens (including phenoxy) is 1. The van der Waals surface area contributed by atoms with E-state index >= 15 is 0 Å². The molecule has 0 radical (unpaired) electrons. The predicted molar refractivity (Wildman–Crippen MR) is 149 cm³/mol. The van der Waals surface area contributed by atoms with Gasteiger partial charge in [-0.3, -0.25) is 4.79 Å². The molecule has 0 saturated carbocycles. The summed E-state index contributed by atoms with van der Waals surface area (Å²) in [6.45, 7) is 6.00. The molecule has 15 heteroatoms. The van der Waals surface area contributed by atoms with Crippen LogP contribution in [0.25, 0.3) is 0 Å². The lowest BCUT2D eigenvalue weighted by Crippen LogP contribution is -2.41. The molecular weight excluding hydrogens is 602 g/mol. The molecule has 0 saturated heterocycles. The molecule has 10 nitrogen and oxygen atoms in total. The molecule has 224 valence electrons. The summed E-state index contributed by atoms with van der Waals surface area (Å²) in [6.07, 6.45) is -5.35. The highest BCUT2D eigenvalue weighted by molar-refractivity contribution is 6.33. The predicted octanol–water partition coefficient (Wildman–Crippen LogP) is 6.84. The van der Waals surface area contributed by atoms with E-state index in [0.29, 0.717) is 11.3 Å². The van der Waals surface area contributed by atoms with Gasteiger partial charge in [-0.2, -0.15) is 18.2 Å². The van der Waals surface area contributed by atoms with Crippen LogP contribution in [0.4, 0.5) is 35.2 Å². The van der Waals surface area contributed by atoms with Crippen molar-refractivity contribution in [1.29, 1.82) is 0 Å². The van der Waals surface area contributed by atoms with E-state index in [9.17, 15) is 27.6 Å². The Hall–Kier alpha value is -4.10. The standard InChI is InChI=1S/C27H26Cl2F3N5O5/c1-16(38)36(14-17-7-5-9-19(11-17)34-22-21(28)13-33-24(29)35-22)15-18-8-6-10-20(12-18)37(25(40)41-26(2,3)4)42-23(39)27(30,31)32/h5-13H,14-15H2,1-4H3,(H,33,34,35). The van der Waals surface area contributed by atoms with Crippen molar-refractivity contribution in [2.45, 2.75) is 52.6 Å². The highest BCUT2D eigenvalue weighted by Gasteiger charge is 2.44. The van der Waals surface area contributed by atoms with Gasteiger partial charge in [0.2, 0.25) is 11.2 Å². The number of carbonyl (C=O) groups excluding carboxylic acids is 3. The smallest absolute Gasteiger partial charge is 0.441 e. The maximum absolute atomic E-state index is 12.9. The van der Waals surface area contributed by atoms with Gasteiger partial charge in [0.25, 0.3) is 0 Å². The molecule has 2 amide bonds. The highest BCUT2D eigenvalue weighted by Crippen LogP contribution is 2.27. The molecule has 42 heavy (non-hydrogen) atoms. The largest absolute Gasteiger partial charge is 0.493 e. The second kappa shape index (κ2) is 13.3. The van der Waals surface area contributed by atoms with Crippen molar-refractivity contribution in [3.05, 3.63) is 76.2 Å². The number of hydroxylamine groups is 1. The molecule has 1 aromatic heterocycles. The number of hydrogen-bond acceptors (Lipinski definition) is 8. The van der Waals surface area contributed by atoms with E-state index in [2.05, 4.69) is 20.1 Å². The van der Waals surface area contributed by atoms with E-state index in [1.807, 2.05) is 0 Å². The van der Waals surface area contributed by atoms with Gasteiger partial charge in [0.15, 0.2) is 5.82 Å². The van der Waals surface area contributed by atoms with E-state index < -0.39 is 23.8 Å². The first-order chi connectivity index (χ1) is 19.5. The van der Waals surface area contributed by atoms with Gasteiger partial charge in [0.1, 0.15) is 10.6 Å². The van der Waals surface area contributed by atoms with Gasteiger partial charge in [-0.05, 0) is 67.8 Å². The first-order valence-electron chi connectivity index (χ1n) is 12.2. The molecular formula is C27H26Cl2F3N5O5. The SMILES string of the molecule is CC(=O)N(Cc1cccc(Nc2nc(Cl)ncc2Cl)c1)Cc1cccc(N(OC(=O)C(F)(F)F)C(=O)OC(C)(C)C)c1. The van der Waals surface area contributed by atoms with Crippen molar-refractivity contribution >= 4 is 58.4 Å². The lowest BCUT2D eigenvalue weighted by atomic mass is 10.1. The molecule has 0 aliphatic rings. The Morgan fingerprint density at radius 2 is 1.60 bits per heavy atom.